The van der Waals surface area contributed by atoms with E-state index in [1.807, 2.05) is 0 Å². The van der Waals surface area contributed by atoms with Gasteiger partial charge >= 0.3 is 0 Å². The van der Waals surface area contributed by atoms with E-state index >= 15 is 0 Å². The Hall–Kier alpha value is -0.820. The van der Waals surface area contributed by atoms with Gasteiger partial charge in [-0.1, -0.05) is 38.1 Å². The molecular weight excluding hydrogens is 184 g/mol. The maximum atomic E-state index is 5.48. The second-order valence-electron chi connectivity index (χ2n) is 3.84. The molecule has 0 amide bonds. The van der Waals surface area contributed by atoms with Crippen LogP contribution in [-0.4, -0.2) is 13.2 Å². The maximum Gasteiger partial charge on any atom is 0.0469 e. The highest BCUT2D eigenvalue weighted by Crippen LogP contribution is 2.11. The van der Waals surface area contributed by atoms with Crippen LogP contribution < -0.4 is 0 Å². The van der Waals surface area contributed by atoms with E-state index in [1.54, 1.807) is 0 Å². The van der Waals surface area contributed by atoms with Crippen LogP contribution in [0, 0.1) is 0 Å². The quantitative estimate of drug-likeness (QED) is 0.619. The number of aryl methyl sites for hydroxylation is 2. The summed E-state index contributed by atoms with van der Waals surface area (Å²) in [6.45, 7) is 6.15. The Balaban J connectivity index is 2.30. The van der Waals surface area contributed by atoms with Crippen LogP contribution in [-0.2, 0) is 17.6 Å². The molecule has 0 aliphatic rings. The van der Waals surface area contributed by atoms with Crippen LogP contribution in [0.1, 0.15) is 37.8 Å². The molecule has 0 aliphatic carbocycles. The van der Waals surface area contributed by atoms with E-state index in [9.17, 15) is 0 Å². The van der Waals surface area contributed by atoms with Crippen LogP contribution in [0.2, 0.25) is 0 Å². The molecule has 0 radical (unpaired) electrons. The van der Waals surface area contributed by atoms with Gasteiger partial charge in [0.15, 0.2) is 0 Å². The zero-order valence-electron chi connectivity index (χ0n) is 9.96. The van der Waals surface area contributed by atoms with Gasteiger partial charge in [-0.15, -0.1) is 0 Å². The van der Waals surface area contributed by atoms with Gasteiger partial charge in [-0.25, -0.2) is 0 Å². The van der Waals surface area contributed by atoms with E-state index in [4.69, 9.17) is 4.74 Å². The molecule has 84 valence electrons. The van der Waals surface area contributed by atoms with Crippen molar-refractivity contribution in [2.45, 2.75) is 39.5 Å². The van der Waals surface area contributed by atoms with Crippen molar-refractivity contribution in [3.05, 3.63) is 35.4 Å². The fourth-order valence-corrected chi connectivity index (χ4v) is 1.76. The molecule has 0 bridgehead atoms. The third-order valence-electron chi connectivity index (χ3n) is 2.58. The first-order valence-electron chi connectivity index (χ1n) is 6.03. The number of ether oxygens (including phenoxy) is 1. The first kappa shape index (κ1) is 12.3. The lowest BCUT2D eigenvalue weighted by molar-refractivity contribution is 0.132. The predicted octanol–water partition coefficient (Wildman–Crippen LogP) is 3.61. The second-order valence-corrected chi connectivity index (χ2v) is 3.84. The Labute approximate surface area is 93.5 Å². The van der Waals surface area contributed by atoms with Crippen molar-refractivity contribution in [3.63, 3.8) is 0 Å². The third kappa shape index (κ3) is 4.48. The first-order chi connectivity index (χ1) is 7.38. The summed E-state index contributed by atoms with van der Waals surface area (Å²) in [5.74, 6) is 0. The lowest BCUT2D eigenvalue weighted by Gasteiger charge is -2.07. The van der Waals surface area contributed by atoms with Gasteiger partial charge in [0.2, 0.25) is 0 Å². The highest BCUT2D eigenvalue weighted by atomic mass is 16.5. The molecule has 1 nitrogen and oxygen atoms in total. The van der Waals surface area contributed by atoms with Crippen LogP contribution >= 0.6 is 0 Å². The predicted molar refractivity (Wildman–Crippen MR) is 65.3 cm³/mol. The standard InChI is InChI=1S/C14H22O/c1-3-11-15-12-7-10-14-9-6-5-8-13(14)4-2/h5-6,8-9H,3-4,7,10-12H2,1-2H3. The van der Waals surface area contributed by atoms with E-state index in [0.29, 0.717) is 0 Å². The summed E-state index contributed by atoms with van der Waals surface area (Å²) in [6.07, 6.45) is 4.53. The van der Waals surface area contributed by atoms with Crippen molar-refractivity contribution in [1.29, 1.82) is 0 Å². The molecule has 0 aromatic heterocycles. The monoisotopic (exact) mass is 206 g/mol. The largest absolute Gasteiger partial charge is 0.381 e. The molecule has 15 heavy (non-hydrogen) atoms. The molecule has 0 heterocycles. The first-order valence-corrected chi connectivity index (χ1v) is 6.03. The van der Waals surface area contributed by atoms with Crippen molar-refractivity contribution in [1.82, 2.24) is 0 Å². The van der Waals surface area contributed by atoms with Gasteiger partial charge < -0.3 is 4.74 Å². The fourth-order valence-electron chi connectivity index (χ4n) is 1.76. The third-order valence-corrected chi connectivity index (χ3v) is 2.58. The molecule has 0 aliphatic heterocycles. The summed E-state index contributed by atoms with van der Waals surface area (Å²) in [6, 6.07) is 8.71. The Morgan fingerprint density at radius 2 is 1.73 bits per heavy atom. The molecule has 0 unspecified atom stereocenters. The van der Waals surface area contributed by atoms with Crippen LogP contribution in [0.5, 0.6) is 0 Å². The van der Waals surface area contributed by atoms with E-state index < -0.39 is 0 Å². The van der Waals surface area contributed by atoms with Crippen LogP contribution in [0.4, 0.5) is 0 Å². The molecule has 1 aromatic carbocycles. The summed E-state index contributed by atoms with van der Waals surface area (Å²) in [5.41, 5.74) is 2.97. The van der Waals surface area contributed by atoms with Crippen LogP contribution in [0.15, 0.2) is 24.3 Å². The molecule has 0 spiro atoms. The molecule has 0 atom stereocenters. The van der Waals surface area contributed by atoms with Gasteiger partial charge in [0.25, 0.3) is 0 Å². The average Bonchev–Trinajstić information content (AvgIpc) is 2.29. The molecule has 0 fully saturated rings. The minimum Gasteiger partial charge on any atom is -0.381 e. The zero-order valence-corrected chi connectivity index (χ0v) is 9.96. The van der Waals surface area contributed by atoms with Crippen molar-refractivity contribution in [3.8, 4) is 0 Å². The SMILES string of the molecule is CCCOCCCc1ccccc1CC. The molecule has 0 N–H and O–H groups in total. The number of benzene rings is 1. The zero-order chi connectivity index (χ0) is 10.9. The normalized spacial score (nSPS) is 10.5. The second kappa shape index (κ2) is 7.47. The molecular formula is C14H22O. The van der Waals surface area contributed by atoms with E-state index in [1.165, 1.54) is 11.1 Å². The maximum absolute atomic E-state index is 5.48. The van der Waals surface area contributed by atoms with Gasteiger partial charge in [-0.3, -0.25) is 0 Å². The van der Waals surface area contributed by atoms with E-state index in [-0.39, 0.29) is 0 Å². The van der Waals surface area contributed by atoms with E-state index in [0.717, 1.165) is 38.9 Å². The fraction of sp³-hybridized carbons (Fsp3) is 0.571. The highest BCUT2D eigenvalue weighted by Gasteiger charge is 1.98. The molecule has 1 aromatic rings. The molecule has 1 rings (SSSR count). The molecule has 0 saturated carbocycles. The Morgan fingerprint density at radius 3 is 2.40 bits per heavy atom. The van der Waals surface area contributed by atoms with Gasteiger partial charge in [0.1, 0.15) is 0 Å². The van der Waals surface area contributed by atoms with Crippen molar-refractivity contribution in [2.75, 3.05) is 13.2 Å². The number of rotatable bonds is 7. The van der Waals surface area contributed by atoms with Gasteiger partial charge in [0.05, 0.1) is 0 Å². The van der Waals surface area contributed by atoms with E-state index in [2.05, 4.69) is 38.1 Å². The Morgan fingerprint density at radius 1 is 1.00 bits per heavy atom. The lowest BCUT2D eigenvalue weighted by Crippen LogP contribution is -1.99. The topological polar surface area (TPSA) is 9.23 Å². The summed E-state index contributed by atoms with van der Waals surface area (Å²) in [5, 5.41) is 0. The van der Waals surface area contributed by atoms with Crippen LogP contribution in [0.25, 0.3) is 0 Å². The molecule has 1 heteroatoms. The van der Waals surface area contributed by atoms with Gasteiger partial charge in [-0.05, 0) is 36.8 Å². The summed E-state index contributed by atoms with van der Waals surface area (Å²) < 4.78 is 5.48. The van der Waals surface area contributed by atoms with Gasteiger partial charge in [-0.2, -0.15) is 0 Å². The minimum atomic E-state index is 0.895. The summed E-state index contributed by atoms with van der Waals surface area (Å²) in [4.78, 5) is 0. The summed E-state index contributed by atoms with van der Waals surface area (Å²) >= 11 is 0. The molecule has 0 saturated heterocycles. The Kier molecular flexibility index (Phi) is 6.10. The lowest BCUT2D eigenvalue weighted by atomic mass is 10.0. The number of hydrogen-bond acceptors (Lipinski definition) is 1. The summed E-state index contributed by atoms with van der Waals surface area (Å²) in [7, 11) is 0. The van der Waals surface area contributed by atoms with Crippen LogP contribution in [0.3, 0.4) is 0 Å². The van der Waals surface area contributed by atoms with Crippen molar-refractivity contribution < 1.29 is 4.74 Å². The average molecular weight is 206 g/mol. The Bertz CT molecular complexity index is 268. The van der Waals surface area contributed by atoms with Gasteiger partial charge in [0, 0.05) is 13.2 Å². The number of hydrogen-bond donors (Lipinski definition) is 0. The van der Waals surface area contributed by atoms with Crippen molar-refractivity contribution >= 4 is 0 Å². The minimum absolute atomic E-state index is 0.895. The highest BCUT2D eigenvalue weighted by molar-refractivity contribution is 5.26. The van der Waals surface area contributed by atoms with Crippen molar-refractivity contribution in [2.24, 2.45) is 0 Å². The smallest absolute Gasteiger partial charge is 0.0469 e.